The Hall–Kier alpha value is -4.13. The van der Waals surface area contributed by atoms with Gasteiger partial charge in [-0.05, 0) is 71.8 Å². The van der Waals surface area contributed by atoms with E-state index in [1.807, 2.05) is 0 Å². The van der Waals surface area contributed by atoms with Gasteiger partial charge < -0.3 is 19.9 Å². The standard InChI is InChI=1S/C34H31BrF2N2O6S/c35-26-12-8-24(9-13-26)31-34(17-20-46(42,43)28-5-2-1-3-6-28,33(41)38-22-23-7-16-29(36)30(37)21-23)39-32(45-31)25-10-14-27(15-11-25)44-19-4-18-40/h1-3,5-16,21,31,40H,4,17-20,22H2,(H,38,41)/t31-,34-/m1/s1. The van der Waals surface area contributed by atoms with Crippen LogP contribution in [0.25, 0.3) is 0 Å². The molecule has 5 rings (SSSR count). The Morgan fingerprint density at radius 2 is 1.70 bits per heavy atom. The Morgan fingerprint density at radius 3 is 2.37 bits per heavy atom. The van der Waals surface area contributed by atoms with Gasteiger partial charge in [0.1, 0.15) is 5.75 Å². The number of aliphatic hydroxyl groups excluding tert-OH is 1. The van der Waals surface area contributed by atoms with Gasteiger partial charge in [-0.1, -0.05) is 52.3 Å². The summed E-state index contributed by atoms with van der Waals surface area (Å²) in [5, 5.41) is 11.8. The smallest absolute Gasteiger partial charge is 0.252 e. The average molecular weight is 714 g/mol. The molecule has 0 saturated heterocycles. The fourth-order valence-electron chi connectivity index (χ4n) is 5.03. The Labute approximate surface area is 274 Å². The fraction of sp³-hybridized carbons (Fsp3) is 0.235. The lowest BCUT2D eigenvalue weighted by Crippen LogP contribution is -2.49. The third kappa shape index (κ3) is 7.63. The van der Waals surface area contributed by atoms with Crippen LogP contribution < -0.4 is 10.1 Å². The molecule has 46 heavy (non-hydrogen) atoms. The lowest BCUT2D eigenvalue weighted by Gasteiger charge is -2.30. The normalized spacial score (nSPS) is 17.7. The van der Waals surface area contributed by atoms with E-state index in [1.54, 1.807) is 66.7 Å². The second-order valence-corrected chi connectivity index (χ2v) is 13.7. The highest BCUT2D eigenvalue weighted by atomic mass is 79.9. The van der Waals surface area contributed by atoms with Crippen molar-refractivity contribution >= 4 is 37.6 Å². The van der Waals surface area contributed by atoms with Gasteiger partial charge in [0.2, 0.25) is 5.90 Å². The summed E-state index contributed by atoms with van der Waals surface area (Å²) in [7, 11) is -3.85. The minimum absolute atomic E-state index is 0.000411. The number of nitrogens with one attached hydrogen (secondary N) is 1. The van der Waals surface area contributed by atoms with E-state index in [1.165, 1.54) is 18.2 Å². The minimum atomic E-state index is -3.85. The minimum Gasteiger partial charge on any atom is -0.494 e. The number of aliphatic hydroxyl groups is 1. The quantitative estimate of drug-likeness (QED) is 0.166. The molecule has 0 spiro atoms. The van der Waals surface area contributed by atoms with Gasteiger partial charge >= 0.3 is 0 Å². The molecule has 0 aromatic heterocycles. The largest absolute Gasteiger partial charge is 0.494 e. The molecular formula is C34H31BrF2N2O6S. The first-order chi connectivity index (χ1) is 22.1. The number of aliphatic imine (C=N–C) groups is 1. The number of hydrogen-bond donors (Lipinski definition) is 2. The summed E-state index contributed by atoms with van der Waals surface area (Å²) in [5.41, 5.74) is -0.358. The number of hydrogen-bond acceptors (Lipinski definition) is 7. The van der Waals surface area contributed by atoms with Crippen molar-refractivity contribution in [1.82, 2.24) is 5.32 Å². The molecule has 4 aromatic rings. The highest BCUT2D eigenvalue weighted by molar-refractivity contribution is 9.10. The molecule has 0 saturated carbocycles. The Morgan fingerprint density at radius 1 is 0.978 bits per heavy atom. The first kappa shape index (κ1) is 33.2. The molecule has 0 radical (unpaired) electrons. The number of carbonyl (C=O) groups is 1. The van der Waals surface area contributed by atoms with Crippen LogP contribution in [0.15, 0.2) is 111 Å². The summed E-state index contributed by atoms with van der Waals surface area (Å²) in [4.78, 5) is 19.2. The topological polar surface area (TPSA) is 114 Å². The molecule has 4 aromatic carbocycles. The van der Waals surface area contributed by atoms with Crippen molar-refractivity contribution in [3.63, 3.8) is 0 Å². The van der Waals surface area contributed by atoms with E-state index in [0.717, 1.165) is 16.6 Å². The molecule has 12 heteroatoms. The highest BCUT2D eigenvalue weighted by Crippen LogP contribution is 2.43. The van der Waals surface area contributed by atoms with Crippen LogP contribution in [-0.2, 0) is 25.9 Å². The summed E-state index contributed by atoms with van der Waals surface area (Å²) in [6.45, 7) is 0.164. The zero-order valence-electron chi connectivity index (χ0n) is 24.5. The zero-order valence-corrected chi connectivity index (χ0v) is 26.9. The molecule has 0 aliphatic carbocycles. The van der Waals surface area contributed by atoms with E-state index in [4.69, 9.17) is 19.6 Å². The van der Waals surface area contributed by atoms with E-state index in [2.05, 4.69) is 21.2 Å². The molecular weight excluding hydrogens is 682 g/mol. The Balaban J connectivity index is 1.54. The Kier molecular flexibility index (Phi) is 10.5. The van der Waals surface area contributed by atoms with E-state index in [0.29, 0.717) is 35.5 Å². The van der Waals surface area contributed by atoms with Crippen molar-refractivity contribution in [2.45, 2.75) is 35.9 Å². The molecule has 1 heterocycles. The lowest BCUT2D eigenvalue weighted by molar-refractivity contribution is -0.129. The zero-order chi connectivity index (χ0) is 32.7. The first-order valence-corrected chi connectivity index (χ1v) is 16.9. The summed E-state index contributed by atoms with van der Waals surface area (Å²) in [6.07, 6.45) is -0.812. The van der Waals surface area contributed by atoms with Crippen molar-refractivity contribution in [3.8, 4) is 5.75 Å². The van der Waals surface area contributed by atoms with Gasteiger partial charge in [-0.2, -0.15) is 0 Å². The number of nitrogens with zero attached hydrogens (tertiary/aromatic N) is 1. The number of carbonyl (C=O) groups excluding carboxylic acids is 1. The molecule has 240 valence electrons. The lowest BCUT2D eigenvalue weighted by atomic mass is 9.85. The van der Waals surface area contributed by atoms with Crippen LogP contribution in [-0.4, -0.2) is 49.8 Å². The van der Waals surface area contributed by atoms with Gasteiger partial charge in [0.25, 0.3) is 5.91 Å². The number of sulfone groups is 1. The van der Waals surface area contributed by atoms with Gasteiger partial charge in [-0.15, -0.1) is 0 Å². The van der Waals surface area contributed by atoms with Crippen molar-refractivity contribution in [2.24, 2.45) is 4.99 Å². The van der Waals surface area contributed by atoms with E-state index >= 15 is 0 Å². The molecule has 2 atom stereocenters. The maximum absolute atomic E-state index is 14.3. The summed E-state index contributed by atoms with van der Waals surface area (Å²) < 4.78 is 67.2. The van der Waals surface area contributed by atoms with Crippen LogP contribution in [0, 0.1) is 11.6 Å². The number of halogens is 3. The molecule has 0 bridgehead atoms. The first-order valence-electron chi connectivity index (χ1n) is 14.5. The fourth-order valence-corrected chi connectivity index (χ4v) is 6.68. The second kappa shape index (κ2) is 14.5. The molecule has 0 unspecified atom stereocenters. The maximum atomic E-state index is 14.3. The molecule has 0 fully saturated rings. The predicted molar refractivity (Wildman–Crippen MR) is 172 cm³/mol. The molecule has 1 aliphatic rings. The second-order valence-electron chi connectivity index (χ2n) is 10.7. The number of benzene rings is 4. The van der Waals surface area contributed by atoms with E-state index in [-0.39, 0.29) is 30.4 Å². The van der Waals surface area contributed by atoms with Crippen molar-refractivity contribution in [1.29, 1.82) is 0 Å². The summed E-state index contributed by atoms with van der Waals surface area (Å²) in [6, 6.07) is 25.1. The van der Waals surface area contributed by atoms with Gasteiger partial charge in [-0.3, -0.25) is 4.79 Å². The van der Waals surface area contributed by atoms with E-state index < -0.39 is 44.8 Å². The number of rotatable bonds is 13. The highest BCUT2D eigenvalue weighted by Gasteiger charge is 2.53. The third-order valence-corrected chi connectivity index (χ3v) is 9.75. The van der Waals surface area contributed by atoms with Gasteiger partial charge in [0.05, 0.1) is 17.3 Å². The van der Waals surface area contributed by atoms with Crippen LogP contribution in [0.2, 0.25) is 0 Å². The molecule has 2 N–H and O–H groups in total. The van der Waals surface area contributed by atoms with Crippen molar-refractivity contribution in [2.75, 3.05) is 19.0 Å². The van der Waals surface area contributed by atoms with Gasteiger partial charge in [0.15, 0.2) is 33.1 Å². The third-order valence-electron chi connectivity index (χ3n) is 7.49. The van der Waals surface area contributed by atoms with Gasteiger partial charge in [-0.25, -0.2) is 22.2 Å². The van der Waals surface area contributed by atoms with E-state index in [9.17, 15) is 22.0 Å². The van der Waals surface area contributed by atoms with Crippen LogP contribution in [0.1, 0.15) is 35.6 Å². The van der Waals surface area contributed by atoms with Crippen LogP contribution in [0.3, 0.4) is 0 Å². The Bertz CT molecular complexity index is 1810. The maximum Gasteiger partial charge on any atom is 0.252 e. The molecule has 1 amide bonds. The molecule has 1 aliphatic heterocycles. The van der Waals surface area contributed by atoms with Crippen LogP contribution >= 0.6 is 15.9 Å². The average Bonchev–Trinajstić information content (AvgIpc) is 3.46. The molecule has 8 nitrogen and oxygen atoms in total. The van der Waals surface area contributed by atoms with Crippen molar-refractivity contribution in [3.05, 3.63) is 130 Å². The summed E-state index contributed by atoms with van der Waals surface area (Å²) in [5.74, 6) is -2.47. The van der Waals surface area contributed by atoms with Crippen LogP contribution in [0.4, 0.5) is 8.78 Å². The van der Waals surface area contributed by atoms with Crippen molar-refractivity contribution < 1.29 is 36.6 Å². The SMILES string of the molecule is O=C(NCc1ccc(F)c(F)c1)[C@]1(CCS(=O)(=O)c2ccccc2)N=C(c2ccc(OCCCO)cc2)O[C@@H]1c1ccc(Br)cc1. The van der Waals surface area contributed by atoms with Gasteiger partial charge in [0, 0.05) is 36.0 Å². The summed E-state index contributed by atoms with van der Waals surface area (Å²) >= 11 is 3.42. The predicted octanol–water partition coefficient (Wildman–Crippen LogP) is 5.93. The monoisotopic (exact) mass is 712 g/mol. The number of ether oxygens (including phenoxy) is 2. The number of amides is 1. The van der Waals surface area contributed by atoms with Crippen LogP contribution in [0.5, 0.6) is 5.75 Å².